The van der Waals surface area contributed by atoms with Gasteiger partial charge in [-0.15, -0.1) is 0 Å². The molecule has 1 saturated heterocycles. The molecule has 0 bridgehead atoms. The molecule has 0 saturated carbocycles. The topological polar surface area (TPSA) is 93.9 Å². The van der Waals surface area contributed by atoms with Crippen molar-refractivity contribution in [2.24, 2.45) is 0 Å². The number of nitriles is 1. The minimum Gasteiger partial charge on any atom is -0.372 e. The average molecular weight is 384 g/mol. The Labute approximate surface area is 169 Å². The van der Waals surface area contributed by atoms with E-state index in [1.54, 1.807) is 30.3 Å². The van der Waals surface area contributed by atoms with E-state index in [0.717, 1.165) is 18.8 Å². The molecule has 1 fully saturated rings. The van der Waals surface area contributed by atoms with E-state index in [1.165, 1.54) is 24.7 Å². The smallest absolute Gasteiger partial charge is 0.274 e. The average Bonchev–Trinajstić information content (AvgIpc) is 3.29. The molecule has 2 heterocycles. The van der Waals surface area contributed by atoms with Crippen LogP contribution in [0.4, 0.5) is 23.0 Å². The van der Waals surface area contributed by atoms with Gasteiger partial charge in [0.1, 0.15) is 5.69 Å². The van der Waals surface area contributed by atoms with Crippen molar-refractivity contribution in [3.8, 4) is 6.07 Å². The van der Waals surface area contributed by atoms with Gasteiger partial charge in [0.2, 0.25) is 5.95 Å². The van der Waals surface area contributed by atoms with Crippen LogP contribution in [0.3, 0.4) is 0 Å². The summed E-state index contributed by atoms with van der Waals surface area (Å²) in [6.45, 7) is 2.20. The van der Waals surface area contributed by atoms with Gasteiger partial charge in [0.05, 0.1) is 11.6 Å². The summed E-state index contributed by atoms with van der Waals surface area (Å²) in [5.41, 5.74) is 3.32. The third-order valence-corrected chi connectivity index (χ3v) is 4.73. The van der Waals surface area contributed by atoms with Gasteiger partial charge in [-0.05, 0) is 61.4 Å². The van der Waals surface area contributed by atoms with Crippen LogP contribution < -0.4 is 15.5 Å². The van der Waals surface area contributed by atoms with E-state index in [0.29, 0.717) is 17.2 Å². The highest BCUT2D eigenvalue weighted by molar-refractivity contribution is 6.03. The predicted octanol–water partition coefficient (Wildman–Crippen LogP) is 3.94. The molecule has 144 valence electrons. The lowest BCUT2D eigenvalue weighted by Gasteiger charge is -2.17. The molecule has 0 radical (unpaired) electrons. The van der Waals surface area contributed by atoms with Crippen molar-refractivity contribution < 1.29 is 4.79 Å². The zero-order chi connectivity index (χ0) is 20.1. The Kier molecular flexibility index (Phi) is 5.34. The Balaban J connectivity index is 1.44. The Bertz CT molecular complexity index is 1050. The number of hydrogen-bond donors (Lipinski definition) is 2. The first-order valence-corrected chi connectivity index (χ1v) is 9.48. The first-order valence-electron chi connectivity index (χ1n) is 9.48. The summed E-state index contributed by atoms with van der Waals surface area (Å²) in [5.74, 6) is -0.0210. The maximum absolute atomic E-state index is 12.5. The second kappa shape index (κ2) is 8.40. The van der Waals surface area contributed by atoms with E-state index in [4.69, 9.17) is 5.26 Å². The third-order valence-electron chi connectivity index (χ3n) is 4.73. The molecule has 7 nitrogen and oxygen atoms in total. The van der Waals surface area contributed by atoms with Crippen LogP contribution in [0.15, 0.2) is 60.8 Å². The van der Waals surface area contributed by atoms with Crippen molar-refractivity contribution in [2.75, 3.05) is 28.6 Å². The molecule has 2 aromatic carbocycles. The van der Waals surface area contributed by atoms with Gasteiger partial charge in [0, 0.05) is 36.3 Å². The SMILES string of the molecule is N#Cc1cccc(NC(=O)c2ccnc(Nc3ccc(N4CCCC4)cc3)n2)c1. The lowest BCUT2D eigenvalue weighted by atomic mass is 10.2. The fourth-order valence-electron chi connectivity index (χ4n) is 3.27. The van der Waals surface area contributed by atoms with Crippen molar-refractivity contribution in [1.29, 1.82) is 5.26 Å². The summed E-state index contributed by atoms with van der Waals surface area (Å²) < 4.78 is 0. The summed E-state index contributed by atoms with van der Waals surface area (Å²) in [7, 11) is 0. The second-order valence-electron chi connectivity index (χ2n) is 6.78. The van der Waals surface area contributed by atoms with Crippen LogP contribution in [0, 0.1) is 11.3 Å². The molecule has 1 aliphatic rings. The monoisotopic (exact) mass is 384 g/mol. The number of carbonyl (C=O) groups is 1. The summed E-state index contributed by atoms with van der Waals surface area (Å²) in [6, 6.07) is 18.4. The van der Waals surface area contributed by atoms with Crippen LogP contribution in [-0.4, -0.2) is 29.0 Å². The summed E-state index contributed by atoms with van der Waals surface area (Å²) in [4.78, 5) is 23.4. The van der Waals surface area contributed by atoms with E-state index in [2.05, 4.69) is 37.6 Å². The predicted molar refractivity (Wildman–Crippen MR) is 112 cm³/mol. The first kappa shape index (κ1) is 18.4. The number of aromatic nitrogens is 2. The second-order valence-corrected chi connectivity index (χ2v) is 6.78. The lowest BCUT2D eigenvalue weighted by molar-refractivity contribution is 0.102. The number of rotatable bonds is 5. The van der Waals surface area contributed by atoms with E-state index in [1.807, 2.05) is 18.2 Å². The zero-order valence-electron chi connectivity index (χ0n) is 15.8. The number of amides is 1. The number of nitrogens with one attached hydrogen (secondary N) is 2. The number of carbonyl (C=O) groups excluding carboxylic acids is 1. The molecular weight excluding hydrogens is 364 g/mol. The van der Waals surface area contributed by atoms with E-state index in [9.17, 15) is 4.79 Å². The summed E-state index contributed by atoms with van der Waals surface area (Å²) >= 11 is 0. The lowest BCUT2D eigenvalue weighted by Crippen LogP contribution is -2.17. The molecule has 0 atom stereocenters. The highest BCUT2D eigenvalue weighted by atomic mass is 16.1. The number of nitrogens with zero attached hydrogens (tertiary/aromatic N) is 4. The van der Waals surface area contributed by atoms with Crippen molar-refractivity contribution in [2.45, 2.75) is 12.8 Å². The molecule has 4 rings (SSSR count). The normalized spacial score (nSPS) is 13.0. The molecule has 3 aromatic rings. The minimum atomic E-state index is -0.366. The zero-order valence-corrected chi connectivity index (χ0v) is 15.8. The molecule has 1 aromatic heterocycles. The van der Waals surface area contributed by atoms with Gasteiger partial charge in [-0.2, -0.15) is 5.26 Å². The van der Waals surface area contributed by atoms with Gasteiger partial charge in [0.15, 0.2) is 0 Å². The highest BCUT2D eigenvalue weighted by Crippen LogP contribution is 2.23. The Morgan fingerprint density at radius 1 is 1.03 bits per heavy atom. The fraction of sp³-hybridized carbons (Fsp3) is 0.182. The summed E-state index contributed by atoms with van der Waals surface area (Å²) in [6.07, 6.45) is 4.02. The van der Waals surface area contributed by atoms with Crippen molar-refractivity contribution in [3.05, 3.63) is 72.1 Å². The molecule has 0 spiro atoms. The van der Waals surface area contributed by atoms with Crippen LogP contribution in [0.2, 0.25) is 0 Å². The Morgan fingerprint density at radius 2 is 1.83 bits per heavy atom. The molecule has 1 amide bonds. The van der Waals surface area contributed by atoms with E-state index in [-0.39, 0.29) is 11.6 Å². The molecule has 0 aliphatic carbocycles. The third kappa shape index (κ3) is 4.50. The maximum atomic E-state index is 12.5. The fourth-order valence-corrected chi connectivity index (χ4v) is 3.27. The van der Waals surface area contributed by atoms with Crippen LogP contribution in [0.5, 0.6) is 0 Å². The van der Waals surface area contributed by atoms with Crippen LogP contribution in [-0.2, 0) is 0 Å². The van der Waals surface area contributed by atoms with Gasteiger partial charge in [-0.3, -0.25) is 4.79 Å². The molecule has 7 heteroatoms. The van der Waals surface area contributed by atoms with Crippen molar-refractivity contribution >= 4 is 28.9 Å². The van der Waals surface area contributed by atoms with E-state index >= 15 is 0 Å². The van der Waals surface area contributed by atoms with Gasteiger partial charge in [-0.25, -0.2) is 9.97 Å². The van der Waals surface area contributed by atoms with Crippen molar-refractivity contribution in [1.82, 2.24) is 9.97 Å². The molecule has 1 aliphatic heterocycles. The Morgan fingerprint density at radius 3 is 2.59 bits per heavy atom. The number of benzene rings is 2. The molecule has 29 heavy (non-hydrogen) atoms. The van der Waals surface area contributed by atoms with Crippen LogP contribution >= 0.6 is 0 Å². The van der Waals surface area contributed by atoms with Crippen molar-refractivity contribution in [3.63, 3.8) is 0 Å². The van der Waals surface area contributed by atoms with Gasteiger partial charge < -0.3 is 15.5 Å². The molecular formula is C22H20N6O. The van der Waals surface area contributed by atoms with Crippen LogP contribution in [0.1, 0.15) is 28.9 Å². The molecule has 0 unspecified atom stereocenters. The largest absolute Gasteiger partial charge is 0.372 e. The summed E-state index contributed by atoms with van der Waals surface area (Å²) in [5, 5.41) is 14.9. The number of hydrogen-bond acceptors (Lipinski definition) is 6. The maximum Gasteiger partial charge on any atom is 0.274 e. The first-order chi connectivity index (χ1) is 14.2. The van der Waals surface area contributed by atoms with Gasteiger partial charge in [-0.1, -0.05) is 6.07 Å². The Hall–Kier alpha value is -3.92. The highest BCUT2D eigenvalue weighted by Gasteiger charge is 2.13. The molecule has 2 N–H and O–H groups in total. The van der Waals surface area contributed by atoms with E-state index < -0.39 is 0 Å². The standard InChI is InChI=1S/C22H20N6O/c23-15-16-4-3-5-18(14-16)25-21(29)20-10-11-24-22(27-20)26-17-6-8-19(9-7-17)28-12-1-2-13-28/h3-11,14H,1-2,12-13H2,(H,25,29)(H,24,26,27). The quantitative estimate of drug-likeness (QED) is 0.692. The number of anilines is 4. The van der Waals surface area contributed by atoms with Gasteiger partial charge in [0.25, 0.3) is 5.91 Å². The van der Waals surface area contributed by atoms with Crippen LogP contribution in [0.25, 0.3) is 0 Å². The minimum absolute atomic E-state index is 0.235. The van der Waals surface area contributed by atoms with Gasteiger partial charge >= 0.3 is 0 Å².